The third-order valence-corrected chi connectivity index (χ3v) is 9.20. The zero-order valence-corrected chi connectivity index (χ0v) is 35.7. The molecule has 1 atom stereocenters. The van der Waals surface area contributed by atoms with E-state index in [0.29, 0.717) is 19.3 Å². The summed E-state index contributed by atoms with van der Waals surface area (Å²) in [5, 5.41) is 0. The van der Waals surface area contributed by atoms with Crippen molar-refractivity contribution in [2.24, 2.45) is 27.1 Å². The summed E-state index contributed by atoms with van der Waals surface area (Å²) in [6.07, 6.45) is -0.0322. The average Bonchev–Trinajstić information content (AvgIpc) is 2.77. The van der Waals surface area contributed by atoms with Gasteiger partial charge in [-0.2, -0.15) is 0 Å². The maximum absolute atomic E-state index is 13.9. The van der Waals surface area contributed by atoms with Gasteiger partial charge < -0.3 is 19.1 Å². The first-order chi connectivity index (χ1) is 21.8. The van der Waals surface area contributed by atoms with Gasteiger partial charge in [-0.25, -0.2) is 0 Å². The Morgan fingerprint density at radius 3 is 1.34 bits per heavy atom. The highest BCUT2D eigenvalue weighted by molar-refractivity contribution is 5.98. The van der Waals surface area contributed by atoms with Crippen LogP contribution in [0.5, 0.6) is 0 Å². The number of Topliss-reactive ketones (excluding diaryl/α,β-unsaturated/α-hetero) is 2. The molecule has 292 valence electrons. The number of ether oxygens (including phenoxy) is 3. The van der Waals surface area contributed by atoms with E-state index in [-0.39, 0.29) is 40.8 Å². The number of hydrogen-bond donors (Lipinski definition) is 0. The number of carbonyl (C=O) groups excluding carboxylic acids is 5. The summed E-state index contributed by atoms with van der Waals surface area (Å²) >= 11 is 0. The molecule has 0 radical (unpaired) electrons. The first kappa shape index (κ1) is 47.7. The Balaban J connectivity index is 6.28. The monoisotopic (exact) mass is 710 g/mol. The number of carbonyl (C=O) groups is 5. The molecule has 0 N–H and O–H groups in total. The maximum Gasteiger partial charge on any atom is 0.313 e. The second kappa shape index (κ2) is 16.6. The van der Waals surface area contributed by atoms with Crippen LogP contribution in [-0.2, 0) is 38.2 Å². The quantitative estimate of drug-likeness (QED) is 0.0736. The average molecular weight is 710 g/mol. The molecule has 0 saturated heterocycles. The molecule has 9 heteroatoms. The molecule has 0 aliphatic carbocycles. The van der Waals surface area contributed by atoms with Crippen molar-refractivity contribution >= 4 is 29.5 Å². The Morgan fingerprint density at radius 2 is 0.960 bits per heavy atom. The number of nitrogens with zero attached hydrogens (tertiary/aromatic N) is 1. The van der Waals surface area contributed by atoms with Crippen LogP contribution in [0.15, 0.2) is 0 Å². The topological polar surface area (TPSA) is 116 Å². The van der Waals surface area contributed by atoms with Crippen LogP contribution in [0, 0.1) is 27.1 Å². The SMILES string of the molecule is CN(C)C(C)(C)CC(C)(C)C(=O)OC(CC(C)(C)C(=O)CC(=O)OC(C)(C)CC(C)(C)C)C(C)(C)CC(=O)CC(=O)OC(C)(C)CC(C)(C)C. The van der Waals surface area contributed by atoms with Gasteiger partial charge in [0.2, 0.25) is 0 Å². The lowest BCUT2D eigenvalue weighted by Crippen LogP contribution is -2.47. The zero-order chi connectivity index (χ0) is 40.1. The van der Waals surface area contributed by atoms with Crippen molar-refractivity contribution in [3.8, 4) is 0 Å². The van der Waals surface area contributed by atoms with Gasteiger partial charge in [-0.3, -0.25) is 24.0 Å². The summed E-state index contributed by atoms with van der Waals surface area (Å²) in [7, 11) is 3.91. The smallest absolute Gasteiger partial charge is 0.313 e. The van der Waals surface area contributed by atoms with Gasteiger partial charge in [0, 0.05) is 22.8 Å². The van der Waals surface area contributed by atoms with Crippen molar-refractivity contribution in [3.63, 3.8) is 0 Å². The van der Waals surface area contributed by atoms with Crippen molar-refractivity contribution < 1.29 is 38.2 Å². The second-order valence-electron chi connectivity index (χ2n) is 21.2. The minimum atomic E-state index is -1.11. The molecule has 1 unspecified atom stereocenters. The van der Waals surface area contributed by atoms with E-state index in [2.05, 4.69) is 41.5 Å². The summed E-state index contributed by atoms with van der Waals surface area (Å²) < 4.78 is 17.7. The first-order valence-electron chi connectivity index (χ1n) is 18.2. The second-order valence-corrected chi connectivity index (χ2v) is 21.2. The van der Waals surface area contributed by atoms with Gasteiger partial charge in [-0.1, -0.05) is 69.2 Å². The molecule has 0 aromatic carbocycles. The molecule has 0 saturated carbocycles. The van der Waals surface area contributed by atoms with Gasteiger partial charge in [-0.15, -0.1) is 0 Å². The van der Waals surface area contributed by atoms with E-state index in [1.165, 1.54) is 0 Å². The van der Waals surface area contributed by atoms with Gasteiger partial charge in [0.15, 0.2) is 0 Å². The Bertz CT molecular complexity index is 1210. The van der Waals surface area contributed by atoms with Gasteiger partial charge in [0.25, 0.3) is 0 Å². The molecule has 0 bridgehead atoms. The lowest BCUT2D eigenvalue weighted by molar-refractivity contribution is -0.173. The minimum absolute atomic E-state index is 0.0622. The number of rotatable bonds is 19. The largest absolute Gasteiger partial charge is 0.461 e. The third-order valence-electron chi connectivity index (χ3n) is 9.20. The van der Waals surface area contributed by atoms with E-state index in [1.54, 1.807) is 27.7 Å². The lowest BCUT2D eigenvalue weighted by Gasteiger charge is -2.42. The van der Waals surface area contributed by atoms with Crippen LogP contribution in [0.25, 0.3) is 0 Å². The van der Waals surface area contributed by atoms with Crippen molar-refractivity contribution in [1.29, 1.82) is 0 Å². The van der Waals surface area contributed by atoms with Crippen molar-refractivity contribution in [2.75, 3.05) is 14.1 Å². The van der Waals surface area contributed by atoms with Crippen molar-refractivity contribution in [2.45, 2.75) is 192 Å². The highest BCUT2D eigenvalue weighted by atomic mass is 16.6. The molecule has 50 heavy (non-hydrogen) atoms. The summed E-state index contributed by atoms with van der Waals surface area (Å²) in [4.78, 5) is 68.9. The molecule has 0 heterocycles. The zero-order valence-electron chi connectivity index (χ0n) is 35.7. The maximum atomic E-state index is 13.9. The van der Waals surface area contributed by atoms with Gasteiger partial charge in [0.1, 0.15) is 41.7 Å². The normalized spacial score (nSPS) is 14.7. The van der Waals surface area contributed by atoms with Crippen LogP contribution >= 0.6 is 0 Å². The van der Waals surface area contributed by atoms with Crippen molar-refractivity contribution in [1.82, 2.24) is 4.90 Å². The van der Waals surface area contributed by atoms with Crippen molar-refractivity contribution in [3.05, 3.63) is 0 Å². The summed E-state index contributed by atoms with van der Waals surface area (Å²) in [6.45, 7) is 34.5. The highest BCUT2D eigenvalue weighted by Crippen LogP contribution is 2.41. The lowest BCUT2D eigenvalue weighted by atomic mass is 9.71. The van der Waals surface area contributed by atoms with Crippen LogP contribution in [0.4, 0.5) is 0 Å². The fourth-order valence-corrected chi connectivity index (χ4v) is 7.19. The van der Waals surface area contributed by atoms with E-state index >= 15 is 0 Å². The fourth-order valence-electron chi connectivity index (χ4n) is 7.19. The molecular weight excluding hydrogens is 634 g/mol. The molecular formula is C41H75NO8. The summed E-state index contributed by atoms with van der Waals surface area (Å²) in [5.74, 6) is -2.37. The predicted octanol–water partition coefficient (Wildman–Crippen LogP) is 8.92. The highest BCUT2D eigenvalue weighted by Gasteiger charge is 2.45. The van der Waals surface area contributed by atoms with E-state index in [9.17, 15) is 24.0 Å². The summed E-state index contributed by atoms with van der Waals surface area (Å²) in [5.41, 5.74) is -4.95. The van der Waals surface area contributed by atoms with E-state index in [0.717, 1.165) is 0 Å². The molecule has 0 aliphatic heterocycles. The van der Waals surface area contributed by atoms with Crippen LogP contribution in [0.3, 0.4) is 0 Å². The minimum Gasteiger partial charge on any atom is -0.461 e. The third kappa shape index (κ3) is 17.8. The van der Waals surface area contributed by atoms with Crippen LogP contribution in [0.1, 0.15) is 170 Å². The van der Waals surface area contributed by atoms with Gasteiger partial charge in [-0.05, 0) is 106 Å². The number of hydrogen-bond acceptors (Lipinski definition) is 9. The Hall–Kier alpha value is -2.29. The molecule has 0 aliphatic rings. The number of esters is 3. The standard InChI is InChI=1S/C41H75NO8/c1-34(2,3)25-40(15,16)49-31(45)21-28(43)23-37(9,10)30(48-33(47)38(11,12)27-39(13,14)42(19)20)24-36(7,8)29(44)22-32(46)50-41(17,18)26-35(4,5)6/h30H,21-27H2,1-20H3. The molecule has 0 aromatic rings. The molecule has 0 rings (SSSR count). The van der Waals surface area contributed by atoms with E-state index in [4.69, 9.17) is 14.2 Å². The fraction of sp³-hybridized carbons (Fsp3) is 0.878. The first-order valence-corrected chi connectivity index (χ1v) is 18.2. The van der Waals surface area contributed by atoms with E-state index in [1.807, 2.05) is 74.4 Å². The van der Waals surface area contributed by atoms with Crippen LogP contribution < -0.4 is 0 Å². The van der Waals surface area contributed by atoms with E-state index < -0.39 is 64.3 Å². The Labute approximate surface area is 305 Å². The van der Waals surface area contributed by atoms with Gasteiger partial charge in [0.05, 0.1) is 5.41 Å². The molecule has 9 nitrogen and oxygen atoms in total. The molecule has 0 fully saturated rings. The summed E-state index contributed by atoms with van der Waals surface area (Å²) in [6, 6.07) is 0. The Morgan fingerprint density at radius 1 is 0.560 bits per heavy atom. The molecule has 0 aromatic heterocycles. The molecule has 0 amide bonds. The van der Waals surface area contributed by atoms with Gasteiger partial charge >= 0.3 is 17.9 Å². The predicted molar refractivity (Wildman–Crippen MR) is 201 cm³/mol. The van der Waals surface area contributed by atoms with Crippen LogP contribution in [-0.4, -0.2) is 71.3 Å². The Kier molecular flexibility index (Phi) is 15.8. The number of ketones is 2. The molecule has 0 spiro atoms. The van der Waals surface area contributed by atoms with Crippen LogP contribution in [0.2, 0.25) is 0 Å².